The van der Waals surface area contributed by atoms with Crippen molar-refractivity contribution in [2.45, 2.75) is 26.7 Å². The minimum absolute atomic E-state index is 0.0548. The van der Waals surface area contributed by atoms with Crippen molar-refractivity contribution in [1.29, 1.82) is 0 Å². The van der Waals surface area contributed by atoms with E-state index in [-0.39, 0.29) is 13.0 Å². The molecule has 1 N–H and O–H groups in total. The highest BCUT2D eigenvalue weighted by Crippen LogP contribution is 2.29. The largest absolute Gasteiger partial charge is 0.497 e. The van der Waals surface area contributed by atoms with Crippen LogP contribution in [0.2, 0.25) is 0 Å². The van der Waals surface area contributed by atoms with Gasteiger partial charge >= 0.3 is 11.9 Å². The first-order chi connectivity index (χ1) is 15.9. The molecule has 0 atom stereocenters. The lowest BCUT2D eigenvalue weighted by molar-refractivity contribution is -0.146. The summed E-state index contributed by atoms with van der Waals surface area (Å²) in [6.07, 6.45) is 0.661. The summed E-state index contributed by atoms with van der Waals surface area (Å²) in [5.74, 6) is -0.888. The molecule has 174 valence electrons. The summed E-state index contributed by atoms with van der Waals surface area (Å²) in [5, 5.41) is 5.55. The Bertz CT molecular complexity index is 1140. The van der Waals surface area contributed by atoms with Gasteiger partial charge in [-0.2, -0.15) is 0 Å². The fraction of sp³-hybridized carbons (Fsp3) is 0.304. The molecule has 0 aliphatic heterocycles. The van der Waals surface area contributed by atoms with Gasteiger partial charge in [0.25, 0.3) is 5.91 Å². The van der Waals surface area contributed by atoms with Crippen LogP contribution in [0.25, 0.3) is 10.6 Å². The van der Waals surface area contributed by atoms with Gasteiger partial charge in [0, 0.05) is 15.8 Å². The monoisotopic (exact) mass is 488 g/mol. The zero-order valence-corrected chi connectivity index (χ0v) is 20.1. The maximum absolute atomic E-state index is 12.3. The fourth-order valence-corrected chi connectivity index (χ4v) is 4.67. The van der Waals surface area contributed by atoms with Gasteiger partial charge in [-0.3, -0.25) is 9.59 Å². The minimum atomic E-state index is -0.571. The molecule has 0 spiro atoms. The van der Waals surface area contributed by atoms with E-state index in [2.05, 4.69) is 10.3 Å². The van der Waals surface area contributed by atoms with Gasteiger partial charge in [0.05, 0.1) is 31.4 Å². The molecule has 2 heterocycles. The van der Waals surface area contributed by atoms with Gasteiger partial charge in [0.2, 0.25) is 0 Å². The van der Waals surface area contributed by atoms with Crippen LogP contribution in [0, 0.1) is 0 Å². The molecule has 3 rings (SSSR count). The summed E-state index contributed by atoms with van der Waals surface area (Å²) >= 11 is 2.70. The second kappa shape index (κ2) is 11.6. The number of hydrogen-bond donors (Lipinski definition) is 1. The number of esters is 2. The molecule has 0 fully saturated rings. The van der Waals surface area contributed by atoms with Gasteiger partial charge in [-0.25, -0.2) is 9.78 Å². The van der Waals surface area contributed by atoms with E-state index in [1.807, 2.05) is 31.2 Å². The normalized spacial score (nSPS) is 10.5. The van der Waals surface area contributed by atoms with Crippen molar-refractivity contribution < 1.29 is 28.6 Å². The number of rotatable bonds is 10. The highest BCUT2D eigenvalue weighted by molar-refractivity contribution is 7.16. The van der Waals surface area contributed by atoms with Gasteiger partial charge in [-0.05, 0) is 31.5 Å². The number of carbonyl (C=O) groups is 3. The van der Waals surface area contributed by atoms with Crippen molar-refractivity contribution in [3.63, 3.8) is 0 Å². The molecule has 0 bridgehead atoms. The number of hydrogen-bond acceptors (Lipinski definition) is 9. The summed E-state index contributed by atoms with van der Waals surface area (Å²) in [5.41, 5.74) is 1.74. The first-order valence-corrected chi connectivity index (χ1v) is 12.0. The number of ether oxygens (including phenoxy) is 3. The van der Waals surface area contributed by atoms with Gasteiger partial charge in [0.15, 0.2) is 6.61 Å². The maximum Gasteiger partial charge on any atom is 0.341 e. The predicted octanol–water partition coefficient (Wildman–Crippen LogP) is 4.34. The van der Waals surface area contributed by atoms with E-state index in [0.717, 1.165) is 21.2 Å². The van der Waals surface area contributed by atoms with Gasteiger partial charge in [-0.15, -0.1) is 22.7 Å². The number of carbonyl (C=O) groups excluding carboxylic acids is 3. The van der Waals surface area contributed by atoms with E-state index in [4.69, 9.17) is 14.2 Å². The van der Waals surface area contributed by atoms with Crippen molar-refractivity contribution in [1.82, 2.24) is 4.98 Å². The van der Waals surface area contributed by atoms with E-state index >= 15 is 0 Å². The van der Waals surface area contributed by atoms with Crippen molar-refractivity contribution >= 4 is 45.5 Å². The molecule has 0 unspecified atom stereocenters. The second-order valence-corrected chi connectivity index (χ2v) is 8.79. The van der Waals surface area contributed by atoms with Crippen LogP contribution in [0.5, 0.6) is 5.75 Å². The van der Waals surface area contributed by atoms with E-state index in [0.29, 0.717) is 22.7 Å². The third-order valence-electron chi connectivity index (χ3n) is 4.44. The molecular weight excluding hydrogens is 464 g/mol. The van der Waals surface area contributed by atoms with Crippen LogP contribution in [0.3, 0.4) is 0 Å². The molecule has 0 aliphatic carbocycles. The Morgan fingerprint density at radius 1 is 1.12 bits per heavy atom. The molecule has 0 aliphatic rings. The highest BCUT2D eigenvalue weighted by Gasteiger charge is 2.19. The molecule has 0 saturated carbocycles. The molecule has 33 heavy (non-hydrogen) atoms. The topological polar surface area (TPSA) is 104 Å². The fourth-order valence-electron chi connectivity index (χ4n) is 2.85. The molecule has 8 nitrogen and oxygen atoms in total. The van der Waals surface area contributed by atoms with E-state index in [1.165, 1.54) is 22.7 Å². The molecule has 10 heteroatoms. The van der Waals surface area contributed by atoms with E-state index in [9.17, 15) is 14.4 Å². The van der Waals surface area contributed by atoms with E-state index in [1.54, 1.807) is 25.5 Å². The van der Waals surface area contributed by atoms with Crippen LogP contribution >= 0.6 is 22.7 Å². The number of nitrogens with zero attached hydrogens (tertiary/aromatic N) is 1. The standard InChI is InChI=1S/C23H24N2O6S2/c1-4-17-11-18(23(28)30-5-2)22(33-17)25-19(26)12-31-20(27)10-15-13-32-21(24-15)14-7-6-8-16(9-14)29-3/h6-9,11,13H,4-5,10,12H2,1-3H3,(H,25,26). The molecule has 0 radical (unpaired) electrons. The smallest absolute Gasteiger partial charge is 0.341 e. The van der Waals surface area contributed by atoms with Crippen LogP contribution in [0.15, 0.2) is 35.7 Å². The number of aromatic nitrogens is 1. The Morgan fingerprint density at radius 2 is 1.94 bits per heavy atom. The van der Waals surface area contributed by atoms with Crippen molar-refractivity contribution in [3.8, 4) is 16.3 Å². The maximum atomic E-state index is 12.3. The number of amides is 1. The zero-order valence-electron chi connectivity index (χ0n) is 18.5. The predicted molar refractivity (Wildman–Crippen MR) is 127 cm³/mol. The first-order valence-electron chi connectivity index (χ1n) is 10.3. The Labute approximate surface area is 199 Å². The molecule has 3 aromatic rings. The van der Waals surface area contributed by atoms with E-state index < -0.39 is 24.5 Å². The van der Waals surface area contributed by atoms with Crippen LogP contribution in [0.1, 0.15) is 34.8 Å². The number of nitrogens with one attached hydrogen (secondary N) is 1. The quantitative estimate of drug-likeness (QED) is 0.423. The molecule has 1 amide bonds. The number of thiophene rings is 1. The lowest BCUT2D eigenvalue weighted by Crippen LogP contribution is -2.22. The van der Waals surface area contributed by atoms with Crippen LogP contribution < -0.4 is 10.1 Å². The summed E-state index contributed by atoms with van der Waals surface area (Å²) in [7, 11) is 1.59. The molecule has 1 aromatic carbocycles. The second-order valence-electron chi connectivity index (χ2n) is 6.79. The van der Waals surface area contributed by atoms with Gasteiger partial charge in [-0.1, -0.05) is 19.1 Å². The van der Waals surface area contributed by atoms with Crippen LogP contribution in [-0.2, 0) is 31.9 Å². The van der Waals surface area contributed by atoms with Crippen molar-refractivity contribution in [2.24, 2.45) is 0 Å². The average Bonchev–Trinajstić information content (AvgIpc) is 3.45. The van der Waals surface area contributed by atoms with Gasteiger partial charge < -0.3 is 19.5 Å². The Morgan fingerprint density at radius 3 is 2.67 bits per heavy atom. The summed E-state index contributed by atoms with van der Waals surface area (Å²) in [6.45, 7) is 3.43. The average molecular weight is 489 g/mol. The minimum Gasteiger partial charge on any atom is -0.497 e. The number of benzene rings is 1. The summed E-state index contributed by atoms with van der Waals surface area (Å²) in [6, 6.07) is 9.19. The summed E-state index contributed by atoms with van der Waals surface area (Å²) in [4.78, 5) is 42.0. The third kappa shape index (κ3) is 6.62. The van der Waals surface area contributed by atoms with Crippen molar-refractivity contribution in [3.05, 3.63) is 51.8 Å². The molecular formula is C23H24N2O6S2. The summed E-state index contributed by atoms with van der Waals surface area (Å²) < 4.78 is 15.4. The lowest BCUT2D eigenvalue weighted by Gasteiger charge is -2.07. The first kappa shape index (κ1) is 24.4. The molecule has 2 aromatic heterocycles. The van der Waals surface area contributed by atoms with Crippen molar-refractivity contribution in [2.75, 3.05) is 25.6 Å². The molecule has 0 saturated heterocycles. The third-order valence-corrected chi connectivity index (χ3v) is 6.57. The Kier molecular flexibility index (Phi) is 8.56. The SMILES string of the molecule is CCOC(=O)c1cc(CC)sc1NC(=O)COC(=O)Cc1csc(-c2cccc(OC)c2)n1. The number of thiazole rings is 1. The van der Waals surface area contributed by atoms with Crippen LogP contribution in [0.4, 0.5) is 5.00 Å². The van der Waals surface area contributed by atoms with Crippen LogP contribution in [-0.4, -0.2) is 43.2 Å². The number of methoxy groups -OCH3 is 1. The lowest BCUT2D eigenvalue weighted by atomic mass is 10.2. The Balaban J connectivity index is 1.54. The Hall–Kier alpha value is -3.24. The number of anilines is 1. The zero-order chi connectivity index (χ0) is 23.8. The highest BCUT2D eigenvalue weighted by atomic mass is 32.1. The van der Waals surface area contributed by atoms with Gasteiger partial charge in [0.1, 0.15) is 15.8 Å². The number of aryl methyl sites for hydroxylation is 1.